The number of hydrogen-bond donors (Lipinski definition) is 2. The highest BCUT2D eigenvalue weighted by Crippen LogP contribution is 2.33. The number of nitrogens with zero attached hydrogens (tertiary/aromatic N) is 2. The van der Waals surface area contributed by atoms with E-state index in [1.165, 1.54) is 0 Å². The lowest BCUT2D eigenvalue weighted by molar-refractivity contribution is -0.386. The molecule has 0 amide bonds. The second-order valence-corrected chi connectivity index (χ2v) is 2.69. The molecule has 86 valence electrons. The first-order valence-corrected chi connectivity index (χ1v) is 3.80. The van der Waals surface area contributed by atoms with Crippen molar-refractivity contribution in [2.75, 3.05) is 5.73 Å². The Kier molecular flexibility index (Phi) is 2.97. The van der Waals surface area contributed by atoms with Gasteiger partial charge in [0.2, 0.25) is 0 Å². The van der Waals surface area contributed by atoms with Gasteiger partial charge in [0.25, 0.3) is 12.1 Å². The van der Waals surface area contributed by atoms with Gasteiger partial charge in [-0.15, -0.1) is 0 Å². The molecule has 0 aromatic carbocycles. The maximum absolute atomic E-state index is 12.4. The van der Waals surface area contributed by atoms with Gasteiger partial charge in [-0.1, -0.05) is 0 Å². The molecule has 9 heteroatoms. The van der Waals surface area contributed by atoms with Crippen molar-refractivity contribution in [2.24, 2.45) is 0 Å². The molecule has 0 saturated heterocycles. The third kappa shape index (κ3) is 1.87. The molecule has 0 aliphatic heterocycles. The van der Waals surface area contributed by atoms with E-state index in [4.69, 9.17) is 10.8 Å². The number of hydrogen-bond acceptors (Lipinski definition) is 5. The van der Waals surface area contributed by atoms with Crippen LogP contribution < -0.4 is 5.73 Å². The van der Waals surface area contributed by atoms with Crippen molar-refractivity contribution in [1.82, 2.24) is 4.98 Å². The first-order valence-electron chi connectivity index (χ1n) is 3.80. The Labute approximate surface area is 86.7 Å². The van der Waals surface area contributed by atoms with Gasteiger partial charge in [0.1, 0.15) is 11.4 Å². The van der Waals surface area contributed by atoms with E-state index in [1.54, 1.807) is 0 Å². The summed E-state index contributed by atoms with van der Waals surface area (Å²) in [5.74, 6) is -2.46. The van der Waals surface area contributed by atoms with Gasteiger partial charge in [-0.25, -0.2) is 18.6 Å². The number of anilines is 1. The lowest BCUT2D eigenvalue weighted by Crippen LogP contribution is -2.11. The average molecular weight is 233 g/mol. The summed E-state index contributed by atoms with van der Waals surface area (Å²) in [6, 6.07) is 0. The number of rotatable bonds is 3. The Balaban J connectivity index is 3.63. The smallest absolute Gasteiger partial charge is 0.346 e. The summed E-state index contributed by atoms with van der Waals surface area (Å²) in [4.78, 5) is 23.1. The number of alkyl halides is 2. The van der Waals surface area contributed by atoms with Crippen LogP contribution in [-0.4, -0.2) is 21.0 Å². The van der Waals surface area contributed by atoms with Gasteiger partial charge < -0.3 is 10.8 Å². The lowest BCUT2D eigenvalue weighted by Gasteiger charge is -2.05. The summed E-state index contributed by atoms with van der Waals surface area (Å²) in [7, 11) is 0. The fourth-order valence-corrected chi connectivity index (χ4v) is 1.10. The standard InChI is InChI=1S/C7H5F2N3O4/c8-5(9)2-1-11-6(10)3(7(13)14)4(2)12(15)16/h1,5H,(H2,10,11)(H,13,14). The third-order valence-electron chi connectivity index (χ3n) is 1.74. The van der Waals surface area contributed by atoms with Crippen molar-refractivity contribution in [3.8, 4) is 0 Å². The number of halogens is 2. The monoisotopic (exact) mass is 233 g/mol. The van der Waals surface area contributed by atoms with Crippen molar-refractivity contribution in [2.45, 2.75) is 6.43 Å². The molecular formula is C7H5F2N3O4. The van der Waals surface area contributed by atoms with Crippen molar-refractivity contribution < 1.29 is 23.6 Å². The average Bonchev–Trinajstić information content (AvgIpc) is 2.15. The highest BCUT2D eigenvalue weighted by atomic mass is 19.3. The first kappa shape index (κ1) is 11.8. The molecule has 0 saturated carbocycles. The van der Waals surface area contributed by atoms with Gasteiger partial charge >= 0.3 is 5.97 Å². The van der Waals surface area contributed by atoms with Crippen molar-refractivity contribution in [3.05, 3.63) is 27.4 Å². The third-order valence-corrected chi connectivity index (χ3v) is 1.74. The molecule has 1 rings (SSSR count). The molecule has 7 nitrogen and oxygen atoms in total. The molecule has 16 heavy (non-hydrogen) atoms. The Bertz CT molecular complexity index is 463. The Morgan fingerprint density at radius 1 is 1.62 bits per heavy atom. The van der Waals surface area contributed by atoms with E-state index in [1.807, 2.05) is 0 Å². The number of nitro groups is 1. The number of aromatic nitrogens is 1. The SMILES string of the molecule is Nc1ncc(C(F)F)c([N+](=O)[O-])c1C(=O)O. The van der Waals surface area contributed by atoms with Crippen LogP contribution in [0.3, 0.4) is 0 Å². The van der Waals surface area contributed by atoms with E-state index >= 15 is 0 Å². The van der Waals surface area contributed by atoms with E-state index in [-0.39, 0.29) is 0 Å². The van der Waals surface area contributed by atoms with Gasteiger partial charge in [0.15, 0.2) is 5.56 Å². The Hall–Kier alpha value is -2.32. The minimum absolute atomic E-state index is 0.491. The van der Waals surface area contributed by atoms with Crippen LogP contribution in [0.4, 0.5) is 20.3 Å². The zero-order valence-corrected chi connectivity index (χ0v) is 7.55. The molecule has 1 aromatic heterocycles. The zero-order valence-electron chi connectivity index (χ0n) is 7.55. The minimum Gasteiger partial charge on any atom is -0.477 e. The summed E-state index contributed by atoms with van der Waals surface area (Å²) in [5, 5.41) is 19.2. The molecular weight excluding hydrogens is 228 g/mol. The second-order valence-electron chi connectivity index (χ2n) is 2.69. The van der Waals surface area contributed by atoms with Crippen LogP contribution in [0.25, 0.3) is 0 Å². The molecule has 0 aliphatic carbocycles. The zero-order chi connectivity index (χ0) is 12.5. The largest absolute Gasteiger partial charge is 0.477 e. The van der Waals surface area contributed by atoms with Crippen LogP contribution in [-0.2, 0) is 0 Å². The van der Waals surface area contributed by atoms with Crippen molar-refractivity contribution >= 4 is 17.5 Å². The van der Waals surface area contributed by atoms with E-state index in [2.05, 4.69) is 4.98 Å². The molecule has 1 aromatic rings. The second kappa shape index (κ2) is 4.04. The van der Waals surface area contributed by atoms with Crippen LogP contribution in [0.5, 0.6) is 0 Å². The molecule has 0 aliphatic rings. The number of carbonyl (C=O) groups is 1. The van der Waals surface area contributed by atoms with Gasteiger partial charge in [0, 0.05) is 6.20 Å². The number of aromatic carboxylic acids is 1. The fraction of sp³-hybridized carbons (Fsp3) is 0.143. The summed E-state index contributed by atoms with van der Waals surface area (Å²) < 4.78 is 24.8. The van der Waals surface area contributed by atoms with Gasteiger partial charge in [-0.3, -0.25) is 10.1 Å². The predicted molar refractivity (Wildman–Crippen MR) is 47.2 cm³/mol. The Morgan fingerprint density at radius 3 is 2.56 bits per heavy atom. The highest BCUT2D eigenvalue weighted by molar-refractivity contribution is 5.97. The number of nitrogen functional groups attached to an aromatic ring is 1. The van der Waals surface area contributed by atoms with Crippen molar-refractivity contribution in [3.63, 3.8) is 0 Å². The Morgan fingerprint density at radius 2 is 2.19 bits per heavy atom. The summed E-state index contributed by atoms with van der Waals surface area (Å²) in [5.41, 5.74) is 1.76. The minimum atomic E-state index is -3.20. The van der Waals surface area contributed by atoms with Crippen LogP contribution in [0.15, 0.2) is 6.20 Å². The molecule has 1 heterocycles. The van der Waals surface area contributed by atoms with E-state index in [9.17, 15) is 23.7 Å². The summed E-state index contributed by atoms with van der Waals surface area (Å²) >= 11 is 0. The molecule has 0 unspecified atom stereocenters. The van der Waals surface area contributed by atoms with Crippen LogP contribution in [0, 0.1) is 10.1 Å². The molecule has 0 fully saturated rings. The summed E-state index contributed by atoms with van der Waals surface area (Å²) in [6.07, 6.45) is -2.71. The maximum atomic E-state index is 12.4. The fourth-order valence-electron chi connectivity index (χ4n) is 1.10. The predicted octanol–water partition coefficient (Wildman–Crippen LogP) is 1.21. The quantitative estimate of drug-likeness (QED) is 0.598. The molecule has 0 atom stereocenters. The number of carboxylic acid groups (broad SMARTS) is 1. The van der Waals surface area contributed by atoms with E-state index in [0.29, 0.717) is 6.20 Å². The molecule has 0 bridgehead atoms. The summed E-state index contributed by atoms with van der Waals surface area (Å²) in [6.45, 7) is 0. The number of nitrogens with two attached hydrogens (primary N) is 1. The highest BCUT2D eigenvalue weighted by Gasteiger charge is 2.32. The number of carboxylic acids is 1. The first-order chi connectivity index (χ1) is 7.36. The van der Waals surface area contributed by atoms with Crippen molar-refractivity contribution in [1.29, 1.82) is 0 Å². The van der Waals surface area contributed by atoms with Gasteiger partial charge in [0.05, 0.1) is 4.92 Å². The van der Waals surface area contributed by atoms with E-state index in [0.717, 1.165) is 0 Å². The number of pyridine rings is 1. The van der Waals surface area contributed by atoms with Gasteiger partial charge in [-0.05, 0) is 0 Å². The van der Waals surface area contributed by atoms with E-state index < -0.39 is 40.0 Å². The topological polar surface area (TPSA) is 119 Å². The molecule has 3 N–H and O–H groups in total. The lowest BCUT2D eigenvalue weighted by atomic mass is 10.1. The maximum Gasteiger partial charge on any atom is 0.346 e. The molecule has 0 radical (unpaired) electrons. The van der Waals surface area contributed by atoms with Gasteiger partial charge in [-0.2, -0.15) is 0 Å². The van der Waals surface area contributed by atoms with Crippen LogP contribution in [0.1, 0.15) is 22.3 Å². The van der Waals surface area contributed by atoms with Crippen LogP contribution in [0.2, 0.25) is 0 Å². The molecule has 0 spiro atoms. The normalized spacial score (nSPS) is 10.4. The van der Waals surface area contributed by atoms with Crippen LogP contribution >= 0.6 is 0 Å².